The van der Waals surface area contributed by atoms with Gasteiger partial charge in [-0.05, 0) is 25.8 Å². The van der Waals surface area contributed by atoms with Gasteiger partial charge in [0.15, 0.2) is 0 Å². The highest BCUT2D eigenvalue weighted by Crippen LogP contribution is 2.05. The molecule has 2 atom stereocenters. The van der Waals surface area contributed by atoms with Crippen LogP contribution in [0.25, 0.3) is 0 Å². The molecule has 1 aromatic carbocycles. The fourth-order valence-corrected chi connectivity index (χ4v) is 1.86. The molecule has 1 rings (SSSR count). The van der Waals surface area contributed by atoms with Crippen molar-refractivity contribution in [2.24, 2.45) is 0 Å². The smallest absolute Gasteiger partial charge is 0.323 e. The molecule has 0 aromatic heterocycles. The minimum absolute atomic E-state index is 0.141. The molecule has 98 valence electrons. The van der Waals surface area contributed by atoms with E-state index in [0.717, 1.165) is 5.56 Å². The number of carbonyl (C=O) groups excluding carboxylic acids is 1. The van der Waals surface area contributed by atoms with E-state index in [9.17, 15) is 4.79 Å². The van der Waals surface area contributed by atoms with Crippen LogP contribution in [0.4, 0.5) is 0 Å². The van der Waals surface area contributed by atoms with Gasteiger partial charge in [0.25, 0.3) is 0 Å². The molecule has 18 heavy (non-hydrogen) atoms. The van der Waals surface area contributed by atoms with Gasteiger partial charge in [0.2, 0.25) is 0 Å². The first-order valence-electron chi connectivity index (χ1n) is 6.18. The third-order valence-electron chi connectivity index (χ3n) is 2.71. The van der Waals surface area contributed by atoms with Gasteiger partial charge in [-0.25, -0.2) is 0 Å². The second-order valence-electron chi connectivity index (χ2n) is 4.25. The molecular weight excluding hydrogens is 226 g/mol. The molecule has 0 fully saturated rings. The molecule has 0 bridgehead atoms. The average molecular weight is 247 g/mol. The normalized spacial score (nSPS) is 14.4. The number of nitrogens with one attached hydrogen (secondary N) is 1. The molecule has 0 amide bonds. The summed E-state index contributed by atoms with van der Waals surface area (Å²) in [6.45, 7) is 3.98. The van der Waals surface area contributed by atoms with Crippen LogP contribution in [0.2, 0.25) is 0 Å². The van der Waals surface area contributed by atoms with Crippen LogP contribution in [0.5, 0.6) is 0 Å². The van der Waals surface area contributed by atoms with Crippen molar-refractivity contribution in [3.05, 3.63) is 48.0 Å². The Morgan fingerprint density at radius 2 is 2.06 bits per heavy atom. The third-order valence-corrected chi connectivity index (χ3v) is 2.71. The Balaban J connectivity index is 2.70. The first-order chi connectivity index (χ1) is 8.67. The molecular formula is C15H21NO2. The van der Waals surface area contributed by atoms with Gasteiger partial charge in [-0.3, -0.25) is 10.1 Å². The maximum Gasteiger partial charge on any atom is 0.323 e. The number of rotatable bonds is 6. The van der Waals surface area contributed by atoms with E-state index in [1.165, 1.54) is 7.11 Å². The molecule has 0 saturated heterocycles. The minimum atomic E-state index is -0.316. The summed E-state index contributed by atoms with van der Waals surface area (Å²) in [5, 5.41) is 3.26. The van der Waals surface area contributed by atoms with Crippen molar-refractivity contribution in [3.8, 4) is 0 Å². The fourth-order valence-electron chi connectivity index (χ4n) is 1.86. The zero-order chi connectivity index (χ0) is 13.4. The molecule has 3 heteroatoms. The number of allylic oxidation sites excluding steroid dienone is 1. The molecule has 0 aliphatic carbocycles. The Morgan fingerprint density at radius 3 is 2.61 bits per heavy atom. The third kappa shape index (κ3) is 4.72. The Bertz CT molecular complexity index is 387. The highest BCUT2D eigenvalue weighted by Gasteiger charge is 2.20. The maximum atomic E-state index is 11.7. The van der Waals surface area contributed by atoms with E-state index in [1.54, 1.807) is 0 Å². The van der Waals surface area contributed by atoms with E-state index in [0.29, 0.717) is 6.42 Å². The summed E-state index contributed by atoms with van der Waals surface area (Å²) in [5.41, 5.74) is 1.12. The zero-order valence-electron chi connectivity index (χ0n) is 11.2. The van der Waals surface area contributed by atoms with E-state index in [1.807, 2.05) is 56.3 Å². The highest BCUT2D eigenvalue weighted by atomic mass is 16.5. The fraction of sp³-hybridized carbons (Fsp3) is 0.400. The summed E-state index contributed by atoms with van der Waals surface area (Å²) in [5.74, 6) is -0.227. The van der Waals surface area contributed by atoms with Crippen molar-refractivity contribution in [2.75, 3.05) is 7.11 Å². The number of esters is 1. The van der Waals surface area contributed by atoms with Gasteiger partial charge >= 0.3 is 5.97 Å². The van der Waals surface area contributed by atoms with E-state index in [-0.39, 0.29) is 18.1 Å². The molecule has 0 heterocycles. The van der Waals surface area contributed by atoms with Gasteiger partial charge in [-0.15, -0.1) is 0 Å². The van der Waals surface area contributed by atoms with E-state index in [4.69, 9.17) is 4.74 Å². The van der Waals surface area contributed by atoms with Crippen molar-refractivity contribution in [3.63, 3.8) is 0 Å². The molecule has 0 aliphatic heterocycles. The lowest BCUT2D eigenvalue weighted by Gasteiger charge is -2.19. The molecule has 3 nitrogen and oxygen atoms in total. The Morgan fingerprint density at radius 1 is 1.39 bits per heavy atom. The lowest BCUT2D eigenvalue weighted by Crippen LogP contribution is -2.43. The summed E-state index contributed by atoms with van der Waals surface area (Å²) in [4.78, 5) is 11.7. The van der Waals surface area contributed by atoms with Crippen molar-refractivity contribution < 1.29 is 9.53 Å². The average Bonchev–Trinajstić information content (AvgIpc) is 2.38. The molecule has 0 spiro atoms. The van der Waals surface area contributed by atoms with Crippen molar-refractivity contribution >= 4 is 5.97 Å². The lowest BCUT2D eigenvalue weighted by molar-refractivity contribution is -0.143. The second kappa shape index (κ2) is 7.67. The zero-order valence-corrected chi connectivity index (χ0v) is 11.2. The number of carbonyl (C=O) groups is 1. The van der Waals surface area contributed by atoms with Gasteiger partial charge in [0, 0.05) is 6.04 Å². The summed E-state index contributed by atoms with van der Waals surface area (Å²) in [6, 6.07) is 9.76. The van der Waals surface area contributed by atoms with Crippen LogP contribution in [0, 0.1) is 0 Å². The van der Waals surface area contributed by atoms with Crippen LogP contribution in [0.15, 0.2) is 42.5 Å². The predicted molar refractivity (Wildman–Crippen MR) is 73.4 cm³/mol. The molecule has 0 radical (unpaired) electrons. The first kappa shape index (κ1) is 14.5. The van der Waals surface area contributed by atoms with E-state index in [2.05, 4.69) is 5.32 Å². The number of methoxy groups -OCH3 is 1. The number of hydrogen-bond donors (Lipinski definition) is 1. The second-order valence-corrected chi connectivity index (χ2v) is 4.25. The van der Waals surface area contributed by atoms with E-state index < -0.39 is 0 Å². The highest BCUT2D eigenvalue weighted by molar-refractivity contribution is 5.76. The van der Waals surface area contributed by atoms with Gasteiger partial charge in [-0.1, -0.05) is 42.5 Å². The van der Waals surface area contributed by atoms with Gasteiger partial charge in [0.05, 0.1) is 7.11 Å². The molecule has 0 saturated carbocycles. The molecule has 0 aliphatic rings. The maximum absolute atomic E-state index is 11.7. The van der Waals surface area contributed by atoms with Gasteiger partial charge < -0.3 is 4.74 Å². The number of hydrogen-bond acceptors (Lipinski definition) is 3. The van der Waals surface area contributed by atoms with Crippen molar-refractivity contribution in [1.82, 2.24) is 5.32 Å². The molecule has 1 aromatic rings. The van der Waals surface area contributed by atoms with Crippen LogP contribution < -0.4 is 5.32 Å². The van der Waals surface area contributed by atoms with Crippen LogP contribution in [-0.2, 0) is 16.0 Å². The van der Waals surface area contributed by atoms with Gasteiger partial charge in [-0.2, -0.15) is 0 Å². The topological polar surface area (TPSA) is 38.3 Å². The Labute approximate surface area is 109 Å². The predicted octanol–water partition coefficient (Wildman–Crippen LogP) is 2.32. The van der Waals surface area contributed by atoms with Crippen LogP contribution in [0.1, 0.15) is 19.4 Å². The monoisotopic (exact) mass is 247 g/mol. The van der Waals surface area contributed by atoms with Gasteiger partial charge in [0.1, 0.15) is 6.04 Å². The quantitative estimate of drug-likeness (QED) is 0.619. The standard InChI is InChI=1S/C15H21NO2/c1-4-8-12(2)16-14(15(17)18-3)11-13-9-6-5-7-10-13/h4-10,12,14,16H,11H2,1-3H3/t12-,14-/m0/s1. The lowest BCUT2D eigenvalue weighted by atomic mass is 10.1. The van der Waals surface area contributed by atoms with E-state index >= 15 is 0 Å². The van der Waals surface area contributed by atoms with Crippen LogP contribution in [0.3, 0.4) is 0 Å². The minimum Gasteiger partial charge on any atom is -0.468 e. The van der Waals surface area contributed by atoms with Crippen molar-refractivity contribution in [2.45, 2.75) is 32.4 Å². The molecule has 0 unspecified atom stereocenters. The summed E-state index contributed by atoms with van der Waals surface area (Å²) >= 11 is 0. The summed E-state index contributed by atoms with van der Waals surface area (Å²) in [7, 11) is 1.42. The first-order valence-corrected chi connectivity index (χ1v) is 6.18. The summed E-state index contributed by atoms with van der Waals surface area (Å²) in [6.07, 6.45) is 4.62. The van der Waals surface area contributed by atoms with Crippen molar-refractivity contribution in [1.29, 1.82) is 0 Å². The SMILES string of the molecule is CC=C[C@H](C)N[C@@H](Cc1ccccc1)C(=O)OC. The largest absolute Gasteiger partial charge is 0.468 e. The number of ether oxygens (including phenoxy) is 1. The number of benzene rings is 1. The van der Waals surface area contributed by atoms with Crippen LogP contribution in [-0.4, -0.2) is 25.2 Å². The van der Waals surface area contributed by atoms with Crippen LogP contribution >= 0.6 is 0 Å². The Kier molecular flexibility index (Phi) is 6.15. The summed E-state index contributed by atoms with van der Waals surface area (Å²) < 4.78 is 4.84. The Hall–Kier alpha value is -1.61. The molecule has 1 N–H and O–H groups in total.